The van der Waals surface area contributed by atoms with Gasteiger partial charge in [0.1, 0.15) is 12.7 Å². The molecule has 0 fully saturated rings. The van der Waals surface area contributed by atoms with Crippen molar-refractivity contribution in [1.29, 1.82) is 0 Å². The van der Waals surface area contributed by atoms with Crippen molar-refractivity contribution in [3.63, 3.8) is 0 Å². The largest absolute Gasteiger partial charge is 0.312 e. The highest BCUT2D eigenvalue weighted by atomic mass is 15.3. The molecule has 1 heterocycles. The van der Waals surface area contributed by atoms with Crippen LogP contribution in [-0.4, -0.2) is 27.4 Å². The first-order valence-electron chi connectivity index (χ1n) is 5.40. The summed E-state index contributed by atoms with van der Waals surface area (Å²) in [7, 11) is 0. The molecule has 1 aromatic heterocycles. The van der Waals surface area contributed by atoms with Gasteiger partial charge in [-0.05, 0) is 19.3 Å². The van der Waals surface area contributed by atoms with Gasteiger partial charge in [-0.2, -0.15) is 5.10 Å². The van der Waals surface area contributed by atoms with Crippen LogP contribution in [0.2, 0.25) is 0 Å². The Bertz CT molecular complexity index is 268. The number of nitrogens with zero attached hydrogens (tertiary/aromatic N) is 3. The number of hydrogen-bond acceptors (Lipinski definition) is 3. The van der Waals surface area contributed by atoms with Crippen LogP contribution in [0.1, 0.15) is 20.3 Å². The van der Waals surface area contributed by atoms with E-state index in [0.717, 1.165) is 19.5 Å². The molecule has 1 N–H and O–H groups in total. The van der Waals surface area contributed by atoms with Crippen molar-refractivity contribution in [1.82, 2.24) is 20.1 Å². The van der Waals surface area contributed by atoms with Gasteiger partial charge in [0.2, 0.25) is 0 Å². The van der Waals surface area contributed by atoms with Gasteiger partial charge in [0.15, 0.2) is 0 Å². The molecular formula is C11H20N4. The lowest BCUT2D eigenvalue weighted by atomic mass is 10.00. The van der Waals surface area contributed by atoms with E-state index in [1.165, 1.54) is 0 Å². The minimum Gasteiger partial charge on any atom is -0.312 e. The molecule has 15 heavy (non-hydrogen) atoms. The highest BCUT2D eigenvalue weighted by Crippen LogP contribution is 2.07. The Balaban J connectivity index is 2.16. The van der Waals surface area contributed by atoms with Gasteiger partial charge in [-0.15, -0.1) is 6.58 Å². The fraction of sp³-hybridized carbons (Fsp3) is 0.636. The zero-order valence-corrected chi connectivity index (χ0v) is 9.56. The molecular weight excluding hydrogens is 188 g/mol. The first-order chi connectivity index (χ1) is 7.24. The van der Waals surface area contributed by atoms with Crippen LogP contribution in [0, 0.1) is 5.92 Å². The van der Waals surface area contributed by atoms with E-state index in [0.29, 0.717) is 12.0 Å². The van der Waals surface area contributed by atoms with Gasteiger partial charge in [0, 0.05) is 12.6 Å². The van der Waals surface area contributed by atoms with E-state index in [-0.39, 0.29) is 0 Å². The van der Waals surface area contributed by atoms with Crippen LogP contribution in [0.5, 0.6) is 0 Å². The second-order valence-electron chi connectivity index (χ2n) is 3.90. The smallest absolute Gasteiger partial charge is 0.137 e. The van der Waals surface area contributed by atoms with Crippen LogP contribution in [-0.2, 0) is 6.54 Å². The average molecular weight is 208 g/mol. The first-order valence-corrected chi connectivity index (χ1v) is 5.40. The minimum atomic E-state index is 0.506. The third-order valence-corrected chi connectivity index (χ3v) is 2.67. The van der Waals surface area contributed by atoms with Gasteiger partial charge in [0.25, 0.3) is 0 Å². The van der Waals surface area contributed by atoms with Gasteiger partial charge in [0.05, 0.1) is 6.54 Å². The van der Waals surface area contributed by atoms with E-state index >= 15 is 0 Å². The Morgan fingerprint density at radius 3 is 2.93 bits per heavy atom. The lowest BCUT2D eigenvalue weighted by Crippen LogP contribution is -2.34. The molecule has 2 unspecified atom stereocenters. The SMILES string of the molecule is C=CCC(C)C(C)NCCn1cncn1. The number of nitrogens with one attached hydrogen (secondary N) is 1. The maximum atomic E-state index is 4.04. The molecule has 0 bridgehead atoms. The standard InChI is InChI=1S/C11H20N4/c1-4-5-10(2)11(3)13-6-7-15-9-12-8-14-15/h4,8-11,13H,1,5-7H2,2-3H3. The summed E-state index contributed by atoms with van der Waals surface area (Å²) < 4.78 is 1.83. The molecule has 0 saturated carbocycles. The molecule has 4 heteroatoms. The van der Waals surface area contributed by atoms with Crippen molar-refractivity contribution in [2.24, 2.45) is 5.92 Å². The number of aromatic nitrogens is 3. The summed E-state index contributed by atoms with van der Waals surface area (Å²) >= 11 is 0. The van der Waals surface area contributed by atoms with E-state index in [4.69, 9.17) is 0 Å². The summed E-state index contributed by atoms with van der Waals surface area (Å²) in [6.45, 7) is 9.98. The third-order valence-electron chi connectivity index (χ3n) is 2.67. The summed E-state index contributed by atoms with van der Waals surface area (Å²) in [6, 6.07) is 0.506. The van der Waals surface area contributed by atoms with Crippen LogP contribution < -0.4 is 5.32 Å². The van der Waals surface area contributed by atoms with E-state index in [1.54, 1.807) is 12.7 Å². The zero-order chi connectivity index (χ0) is 11.1. The molecule has 1 rings (SSSR count). The maximum Gasteiger partial charge on any atom is 0.137 e. The Morgan fingerprint density at radius 1 is 1.53 bits per heavy atom. The topological polar surface area (TPSA) is 42.7 Å². The second-order valence-corrected chi connectivity index (χ2v) is 3.90. The van der Waals surface area contributed by atoms with Crippen LogP contribution in [0.25, 0.3) is 0 Å². The number of rotatable bonds is 7. The van der Waals surface area contributed by atoms with Crippen molar-refractivity contribution in [2.45, 2.75) is 32.9 Å². The van der Waals surface area contributed by atoms with Gasteiger partial charge < -0.3 is 5.32 Å². The van der Waals surface area contributed by atoms with Crippen molar-refractivity contribution in [2.75, 3.05) is 6.54 Å². The summed E-state index contributed by atoms with van der Waals surface area (Å²) in [4.78, 5) is 3.90. The number of hydrogen-bond donors (Lipinski definition) is 1. The summed E-state index contributed by atoms with van der Waals surface area (Å²) in [5.74, 6) is 0.623. The van der Waals surface area contributed by atoms with E-state index < -0.39 is 0 Å². The molecule has 2 atom stereocenters. The van der Waals surface area contributed by atoms with Crippen molar-refractivity contribution >= 4 is 0 Å². The van der Waals surface area contributed by atoms with Crippen LogP contribution >= 0.6 is 0 Å². The van der Waals surface area contributed by atoms with Gasteiger partial charge in [-0.25, -0.2) is 4.98 Å². The number of allylic oxidation sites excluding steroid dienone is 1. The molecule has 0 amide bonds. The van der Waals surface area contributed by atoms with Crippen LogP contribution in [0.3, 0.4) is 0 Å². The second kappa shape index (κ2) is 6.35. The van der Waals surface area contributed by atoms with E-state index in [2.05, 4.69) is 35.8 Å². The molecule has 0 aliphatic carbocycles. The summed E-state index contributed by atoms with van der Waals surface area (Å²) in [5, 5.41) is 7.51. The van der Waals surface area contributed by atoms with Crippen molar-refractivity contribution < 1.29 is 0 Å². The fourth-order valence-electron chi connectivity index (χ4n) is 1.42. The first kappa shape index (κ1) is 11.9. The lowest BCUT2D eigenvalue weighted by Gasteiger charge is -2.19. The predicted octanol–water partition coefficient (Wildman–Crippen LogP) is 1.47. The van der Waals surface area contributed by atoms with Crippen molar-refractivity contribution in [3.05, 3.63) is 25.3 Å². The minimum absolute atomic E-state index is 0.506. The summed E-state index contributed by atoms with van der Waals surface area (Å²) in [5.41, 5.74) is 0. The highest BCUT2D eigenvalue weighted by Gasteiger charge is 2.09. The zero-order valence-electron chi connectivity index (χ0n) is 9.56. The molecule has 84 valence electrons. The Labute approximate surface area is 91.4 Å². The highest BCUT2D eigenvalue weighted by molar-refractivity contribution is 4.77. The predicted molar refractivity (Wildman–Crippen MR) is 61.5 cm³/mol. The molecule has 0 aliphatic rings. The summed E-state index contributed by atoms with van der Waals surface area (Å²) in [6.07, 6.45) is 6.32. The van der Waals surface area contributed by atoms with E-state index in [1.807, 2.05) is 10.8 Å². The maximum absolute atomic E-state index is 4.04. The van der Waals surface area contributed by atoms with Crippen LogP contribution in [0.4, 0.5) is 0 Å². The van der Waals surface area contributed by atoms with Gasteiger partial charge >= 0.3 is 0 Å². The molecule has 1 aromatic rings. The molecule has 0 radical (unpaired) electrons. The lowest BCUT2D eigenvalue weighted by molar-refractivity contribution is 0.390. The molecule has 0 aromatic carbocycles. The fourth-order valence-corrected chi connectivity index (χ4v) is 1.42. The normalized spacial score (nSPS) is 14.8. The average Bonchev–Trinajstić information content (AvgIpc) is 2.71. The molecule has 0 aliphatic heterocycles. The van der Waals surface area contributed by atoms with Crippen molar-refractivity contribution in [3.8, 4) is 0 Å². The van der Waals surface area contributed by atoms with Gasteiger partial charge in [-0.1, -0.05) is 13.0 Å². The monoisotopic (exact) mass is 208 g/mol. The van der Waals surface area contributed by atoms with Gasteiger partial charge in [-0.3, -0.25) is 4.68 Å². The Kier molecular flexibility index (Phi) is 5.04. The Hall–Kier alpha value is -1.16. The third kappa shape index (κ3) is 4.25. The van der Waals surface area contributed by atoms with Crippen LogP contribution in [0.15, 0.2) is 25.3 Å². The quantitative estimate of drug-likeness (QED) is 0.690. The molecule has 0 spiro atoms. The Morgan fingerprint density at radius 2 is 2.33 bits per heavy atom. The molecule has 4 nitrogen and oxygen atoms in total. The molecule has 0 saturated heterocycles. The van der Waals surface area contributed by atoms with E-state index in [9.17, 15) is 0 Å².